The minimum absolute atomic E-state index is 0.124. The van der Waals surface area contributed by atoms with E-state index < -0.39 is 11.5 Å². The van der Waals surface area contributed by atoms with Crippen LogP contribution in [-0.2, 0) is 17.7 Å². The molecule has 0 fully saturated rings. The van der Waals surface area contributed by atoms with Gasteiger partial charge in [0.2, 0.25) is 0 Å². The number of benzene rings is 2. The third kappa shape index (κ3) is 4.22. The first-order valence-electron chi connectivity index (χ1n) is 10.1. The summed E-state index contributed by atoms with van der Waals surface area (Å²) in [5.41, 5.74) is 1.66. The van der Waals surface area contributed by atoms with Gasteiger partial charge in [0.1, 0.15) is 17.2 Å². The van der Waals surface area contributed by atoms with Gasteiger partial charge in [0.15, 0.2) is 5.56 Å². The maximum atomic E-state index is 13.6. The Kier molecular flexibility index (Phi) is 6.71. The van der Waals surface area contributed by atoms with Crippen molar-refractivity contribution in [2.24, 2.45) is 0 Å². The molecule has 1 aromatic heterocycles. The van der Waals surface area contributed by atoms with E-state index in [0.717, 1.165) is 20.5 Å². The van der Waals surface area contributed by atoms with Crippen molar-refractivity contribution in [2.75, 3.05) is 27.1 Å². The molecule has 33 heavy (non-hydrogen) atoms. The first kappa shape index (κ1) is 23.3. The van der Waals surface area contributed by atoms with Gasteiger partial charge >= 0.3 is 5.97 Å². The van der Waals surface area contributed by atoms with E-state index in [4.69, 9.17) is 14.2 Å². The van der Waals surface area contributed by atoms with Crippen LogP contribution >= 0.6 is 27.7 Å². The number of aromatic nitrogens is 1. The molecule has 0 atom stereocenters. The molecule has 0 spiro atoms. The van der Waals surface area contributed by atoms with E-state index in [2.05, 4.69) is 15.9 Å². The van der Waals surface area contributed by atoms with Crippen molar-refractivity contribution in [3.8, 4) is 28.5 Å². The molecule has 3 aromatic rings. The van der Waals surface area contributed by atoms with E-state index in [1.54, 1.807) is 38.1 Å². The lowest BCUT2D eigenvalue weighted by atomic mass is 9.99. The highest BCUT2D eigenvalue weighted by Gasteiger charge is 2.30. The van der Waals surface area contributed by atoms with Crippen molar-refractivity contribution in [3.63, 3.8) is 0 Å². The number of ether oxygens (including phenoxy) is 3. The zero-order valence-electron chi connectivity index (χ0n) is 18.3. The smallest absolute Gasteiger partial charge is 0.347 e. The SMILES string of the molecule is COC(=O)c1c(O)c2c(n(Cc3ccc(OC)cc3OC)c1=O)-c1ccc(Br)cc1SCC2. The molecule has 2 aromatic carbocycles. The van der Waals surface area contributed by atoms with Gasteiger partial charge in [-0.15, -0.1) is 11.8 Å². The molecule has 0 bridgehead atoms. The molecular formula is C24H22BrNO6S. The van der Waals surface area contributed by atoms with Crippen LogP contribution in [0.2, 0.25) is 0 Å². The quantitative estimate of drug-likeness (QED) is 0.485. The topological polar surface area (TPSA) is 87.0 Å². The average Bonchev–Trinajstić information content (AvgIpc) is 3.01. The van der Waals surface area contributed by atoms with Crippen molar-refractivity contribution in [1.82, 2.24) is 4.57 Å². The number of aromatic hydroxyl groups is 1. The minimum atomic E-state index is -0.872. The van der Waals surface area contributed by atoms with Crippen molar-refractivity contribution >= 4 is 33.7 Å². The molecular weight excluding hydrogens is 510 g/mol. The van der Waals surface area contributed by atoms with Gasteiger partial charge in [0.25, 0.3) is 5.56 Å². The monoisotopic (exact) mass is 531 g/mol. The van der Waals surface area contributed by atoms with Crippen LogP contribution in [-0.4, -0.2) is 42.7 Å². The summed E-state index contributed by atoms with van der Waals surface area (Å²) in [4.78, 5) is 27.1. The Labute approximate surface area is 203 Å². The molecule has 0 aliphatic carbocycles. The van der Waals surface area contributed by atoms with Crippen molar-refractivity contribution in [3.05, 3.63) is 67.9 Å². The molecule has 2 heterocycles. The third-order valence-corrected chi connectivity index (χ3v) is 7.11. The van der Waals surface area contributed by atoms with E-state index in [1.807, 2.05) is 24.3 Å². The zero-order valence-corrected chi connectivity index (χ0v) is 20.7. The van der Waals surface area contributed by atoms with E-state index >= 15 is 0 Å². The molecule has 7 nitrogen and oxygen atoms in total. The van der Waals surface area contributed by atoms with Crippen LogP contribution in [0.1, 0.15) is 21.5 Å². The van der Waals surface area contributed by atoms with Crippen LogP contribution in [0.5, 0.6) is 17.2 Å². The summed E-state index contributed by atoms with van der Waals surface area (Å²) in [5.74, 6) is 0.644. The first-order valence-corrected chi connectivity index (χ1v) is 11.9. The molecule has 1 aliphatic rings. The number of nitrogens with zero attached hydrogens (tertiary/aromatic N) is 1. The normalized spacial score (nSPS) is 12.4. The van der Waals surface area contributed by atoms with Crippen LogP contribution < -0.4 is 15.0 Å². The van der Waals surface area contributed by atoms with E-state index in [0.29, 0.717) is 34.9 Å². The van der Waals surface area contributed by atoms with Gasteiger partial charge in [-0.2, -0.15) is 0 Å². The number of esters is 1. The Morgan fingerprint density at radius 3 is 2.64 bits per heavy atom. The number of carbonyl (C=O) groups is 1. The Morgan fingerprint density at radius 1 is 1.15 bits per heavy atom. The number of rotatable bonds is 5. The molecule has 0 saturated carbocycles. The van der Waals surface area contributed by atoms with Crippen LogP contribution in [0.25, 0.3) is 11.3 Å². The molecule has 1 N–H and O–H groups in total. The number of fused-ring (bicyclic) bond motifs is 3. The molecule has 0 amide bonds. The van der Waals surface area contributed by atoms with Crippen molar-refractivity contribution in [2.45, 2.75) is 17.9 Å². The zero-order chi connectivity index (χ0) is 23.7. The lowest BCUT2D eigenvalue weighted by molar-refractivity contribution is 0.0594. The number of pyridine rings is 1. The molecule has 0 radical (unpaired) electrons. The van der Waals surface area contributed by atoms with Crippen molar-refractivity contribution < 1.29 is 24.1 Å². The predicted octanol–water partition coefficient (Wildman–Crippen LogP) is 4.48. The Hall–Kier alpha value is -2.91. The fourth-order valence-corrected chi connectivity index (χ4v) is 5.54. The van der Waals surface area contributed by atoms with E-state index in [9.17, 15) is 14.7 Å². The molecule has 1 aliphatic heterocycles. The lowest BCUT2D eigenvalue weighted by Gasteiger charge is -2.21. The predicted molar refractivity (Wildman–Crippen MR) is 130 cm³/mol. The standard InChI is InChI=1S/C24H22BrNO6S/c1-30-15-6-4-13(18(11-15)31-2)12-26-21-16-7-5-14(25)10-19(16)33-9-8-17(21)22(27)20(23(26)28)24(29)32-3/h4-7,10-11,27H,8-9,12H2,1-3H3. The van der Waals surface area contributed by atoms with Gasteiger partial charge in [-0.1, -0.05) is 22.0 Å². The summed E-state index contributed by atoms with van der Waals surface area (Å²) in [5, 5.41) is 11.0. The minimum Gasteiger partial charge on any atom is -0.506 e. The van der Waals surface area contributed by atoms with Crippen molar-refractivity contribution in [1.29, 1.82) is 0 Å². The summed E-state index contributed by atoms with van der Waals surface area (Å²) >= 11 is 5.14. The maximum absolute atomic E-state index is 13.6. The Morgan fingerprint density at radius 2 is 1.94 bits per heavy atom. The lowest BCUT2D eigenvalue weighted by Crippen LogP contribution is -2.30. The summed E-state index contributed by atoms with van der Waals surface area (Å²) in [6.45, 7) is 0.124. The fourth-order valence-electron chi connectivity index (χ4n) is 3.97. The van der Waals surface area contributed by atoms with Gasteiger partial charge in [-0.25, -0.2) is 4.79 Å². The number of hydrogen-bond acceptors (Lipinski definition) is 7. The highest BCUT2D eigenvalue weighted by atomic mass is 79.9. The van der Waals surface area contributed by atoms with Gasteiger partial charge < -0.3 is 23.9 Å². The van der Waals surface area contributed by atoms with Gasteiger partial charge in [0.05, 0.1) is 33.6 Å². The highest BCUT2D eigenvalue weighted by Crippen LogP contribution is 2.42. The fraction of sp³-hybridized carbons (Fsp3) is 0.250. The number of halogens is 1. The van der Waals surface area contributed by atoms with E-state index in [1.165, 1.54) is 11.7 Å². The van der Waals surface area contributed by atoms with Crippen LogP contribution in [0.15, 0.2) is 50.6 Å². The average molecular weight is 532 g/mol. The summed E-state index contributed by atoms with van der Waals surface area (Å²) < 4.78 is 18.1. The summed E-state index contributed by atoms with van der Waals surface area (Å²) in [6, 6.07) is 11.1. The second-order valence-electron chi connectivity index (χ2n) is 7.35. The maximum Gasteiger partial charge on any atom is 0.347 e. The highest BCUT2D eigenvalue weighted by molar-refractivity contribution is 9.10. The molecule has 0 saturated heterocycles. The number of carbonyl (C=O) groups excluding carboxylic acids is 1. The van der Waals surface area contributed by atoms with Crippen LogP contribution in [0.4, 0.5) is 0 Å². The summed E-state index contributed by atoms with van der Waals surface area (Å²) in [7, 11) is 4.29. The molecule has 172 valence electrons. The van der Waals surface area contributed by atoms with Gasteiger partial charge in [0, 0.05) is 37.9 Å². The Balaban J connectivity index is 2.04. The molecule has 0 unspecified atom stereocenters. The number of methoxy groups -OCH3 is 3. The largest absolute Gasteiger partial charge is 0.506 e. The second-order valence-corrected chi connectivity index (χ2v) is 9.40. The number of hydrogen-bond donors (Lipinski definition) is 1. The van der Waals surface area contributed by atoms with Gasteiger partial charge in [-0.3, -0.25) is 4.79 Å². The molecule has 9 heteroatoms. The van der Waals surface area contributed by atoms with E-state index in [-0.39, 0.29) is 17.9 Å². The number of thioether (sulfide) groups is 1. The summed E-state index contributed by atoms with van der Waals surface area (Å²) in [6.07, 6.45) is 0.474. The van der Waals surface area contributed by atoms with Gasteiger partial charge in [-0.05, 0) is 30.7 Å². The first-order chi connectivity index (χ1) is 15.9. The Bertz CT molecular complexity index is 1300. The van der Waals surface area contributed by atoms with Crippen LogP contribution in [0, 0.1) is 0 Å². The molecule has 4 rings (SSSR count). The van der Waals surface area contributed by atoms with Crippen LogP contribution in [0.3, 0.4) is 0 Å². The third-order valence-electron chi connectivity index (χ3n) is 5.56. The second kappa shape index (κ2) is 9.52.